The summed E-state index contributed by atoms with van der Waals surface area (Å²) in [5.74, 6) is 0.751. The number of nitrogens with zero attached hydrogens (tertiary/aromatic N) is 3. The average Bonchev–Trinajstić information content (AvgIpc) is 2.91. The lowest BCUT2D eigenvalue weighted by molar-refractivity contribution is 0.0827. The zero-order chi connectivity index (χ0) is 16.1. The van der Waals surface area contributed by atoms with E-state index in [1.54, 1.807) is 30.8 Å². The van der Waals surface area contributed by atoms with Crippen LogP contribution in [-0.4, -0.2) is 41.2 Å². The Balaban J connectivity index is 1.98. The van der Waals surface area contributed by atoms with Crippen molar-refractivity contribution in [2.75, 3.05) is 14.1 Å². The molecule has 118 valence electrons. The minimum atomic E-state index is 0.00962. The fraction of sp³-hybridized carbons (Fsp3) is 0.400. The van der Waals surface area contributed by atoms with Gasteiger partial charge in [0.15, 0.2) is 4.34 Å². The molecule has 1 aromatic heterocycles. The van der Waals surface area contributed by atoms with E-state index in [2.05, 4.69) is 10.2 Å². The van der Waals surface area contributed by atoms with Crippen LogP contribution in [0.1, 0.15) is 29.8 Å². The number of thioether (sulfide) groups is 1. The summed E-state index contributed by atoms with van der Waals surface area (Å²) < 4.78 is 6.37. The first-order valence-corrected chi connectivity index (χ1v) is 8.69. The van der Waals surface area contributed by atoms with Crippen molar-refractivity contribution in [2.24, 2.45) is 0 Å². The van der Waals surface area contributed by atoms with Crippen LogP contribution in [-0.2, 0) is 5.75 Å². The number of benzene rings is 1. The van der Waals surface area contributed by atoms with E-state index in [1.807, 2.05) is 38.1 Å². The highest BCUT2D eigenvalue weighted by Gasteiger charge is 2.10. The SMILES string of the molecule is CC(C)Oc1nnc(SCc2cccc(C(=O)N(C)C)c2)s1. The third-order valence-corrected chi connectivity index (χ3v) is 4.69. The smallest absolute Gasteiger partial charge is 0.295 e. The second kappa shape index (κ2) is 7.60. The van der Waals surface area contributed by atoms with Crippen molar-refractivity contribution < 1.29 is 9.53 Å². The van der Waals surface area contributed by atoms with Gasteiger partial charge in [-0.05, 0) is 42.9 Å². The number of amides is 1. The van der Waals surface area contributed by atoms with Crippen LogP contribution in [0.3, 0.4) is 0 Å². The third-order valence-electron chi connectivity index (χ3n) is 2.67. The fourth-order valence-electron chi connectivity index (χ4n) is 1.70. The molecule has 0 bridgehead atoms. The lowest BCUT2D eigenvalue weighted by Crippen LogP contribution is -2.21. The molecule has 0 aliphatic carbocycles. The number of rotatable bonds is 6. The van der Waals surface area contributed by atoms with Crippen molar-refractivity contribution in [2.45, 2.75) is 30.0 Å². The monoisotopic (exact) mass is 337 g/mol. The maximum atomic E-state index is 12.0. The number of carbonyl (C=O) groups is 1. The lowest BCUT2D eigenvalue weighted by Gasteiger charge is -2.10. The van der Waals surface area contributed by atoms with Gasteiger partial charge in [-0.25, -0.2) is 0 Å². The molecule has 7 heteroatoms. The second-order valence-electron chi connectivity index (χ2n) is 5.19. The lowest BCUT2D eigenvalue weighted by atomic mass is 10.1. The van der Waals surface area contributed by atoms with Crippen LogP contribution in [0, 0.1) is 0 Å². The summed E-state index contributed by atoms with van der Waals surface area (Å²) in [6.45, 7) is 3.92. The molecule has 0 N–H and O–H groups in total. The first kappa shape index (κ1) is 16.8. The molecule has 0 radical (unpaired) electrons. The number of aromatic nitrogens is 2. The van der Waals surface area contributed by atoms with Crippen LogP contribution in [0.5, 0.6) is 5.19 Å². The molecule has 0 aliphatic heterocycles. The van der Waals surface area contributed by atoms with Crippen LogP contribution in [0.25, 0.3) is 0 Å². The standard InChI is InChI=1S/C15H19N3O2S2/c1-10(2)20-14-16-17-15(22-14)21-9-11-6-5-7-12(8-11)13(19)18(3)4/h5-8,10H,9H2,1-4H3. The van der Waals surface area contributed by atoms with Crippen LogP contribution < -0.4 is 4.74 Å². The molecule has 0 spiro atoms. The first-order chi connectivity index (χ1) is 10.5. The Hall–Kier alpha value is -1.60. The summed E-state index contributed by atoms with van der Waals surface area (Å²) in [5, 5.41) is 8.70. The van der Waals surface area contributed by atoms with E-state index in [1.165, 1.54) is 11.3 Å². The van der Waals surface area contributed by atoms with Crippen molar-refractivity contribution in [1.82, 2.24) is 15.1 Å². The van der Waals surface area contributed by atoms with Gasteiger partial charge in [0.25, 0.3) is 11.1 Å². The van der Waals surface area contributed by atoms with Crippen LogP contribution >= 0.6 is 23.1 Å². The zero-order valence-electron chi connectivity index (χ0n) is 13.1. The molecule has 0 saturated heterocycles. The van der Waals surface area contributed by atoms with E-state index in [-0.39, 0.29) is 12.0 Å². The largest absolute Gasteiger partial charge is 0.466 e. The van der Waals surface area contributed by atoms with Crippen molar-refractivity contribution >= 4 is 29.0 Å². The molecule has 2 rings (SSSR count). The summed E-state index contributed by atoms with van der Waals surface area (Å²) in [6, 6.07) is 7.66. The van der Waals surface area contributed by atoms with E-state index < -0.39 is 0 Å². The maximum Gasteiger partial charge on any atom is 0.295 e. The molecule has 1 amide bonds. The Kier molecular flexibility index (Phi) is 5.79. The number of carbonyl (C=O) groups excluding carboxylic acids is 1. The Morgan fingerprint density at radius 2 is 2.14 bits per heavy atom. The fourth-order valence-corrected chi connectivity index (χ4v) is 3.45. The Morgan fingerprint density at radius 3 is 2.82 bits per heavy atom. The summed E-state index contributed by atoms with van der Waals surface area (Å²) in [4.78, 5) is 13.5. The van der Waals surface area contributed by atoms with Gasteiger partial charge in [-0.1, -0.05) is 29.0 Å². The van der Waals surface area contributed by atoms with E-state index in [4.69, 9.17) is 4.74 Å². The van der Waals surface area contributed by atoms with Gasteiger partial charge in [0.2, 0.25) is 0 Å². The normalized spacial score (nSPS) is 10.8. The molecular weight excluding hydrogens is 318 g/mol. The van der Waals surface area contributed by atoms with E-state index >= 15 is 0 Å². The van der Waals surface area contributed by atoms with Gasteiger partial charge in [-0.15, -0.1) is 5.10 Å². The number of ether oxygens (including phenoxy) is 1. The van der Waals surface area contributed by atoms with Gasteiger partial charge < -0.3 is 9.64 Å². The molecule has 0 fully saturated rings. The molecule has 0 unspecified atom stereocenters. The van der Waals surface area contributed by atoms with Crippen LogP contribution in [0.15, 0.2) is 28.6 Å². The van der Waals surface area contributed by atoms with Crippen molar-refractivity contribution in [3.05, 3.63) is 35.4 Å². The van der Waals surface area contributed by atoms with Crippen molar-refractivity contribution in [3.8, 4) is 5.19 Å². The maximum absolute atomic E-state index is 12.0. The highest BCUT2D eigenvalue weighted by atomic mass is 32.2. The van der Waals surface area contributed by atoms with Gasteiger partial charge in [0, 0.05) is 25.4 Å². The molecule has 2 aromatic rings. The molecular formula is C15H19N3O2S2. The van der Waals surface area contributed by atoms with Crippen molar-refractivity contribution in [1.29, 1.82) is 0 Å². The Bertz CT molecular complexity index is 641. The third kappa shape index (κ3) is 4.71. The predicted octanol–water partition coefficient (Wildman–Crippen LogP) is 3.32. The summed E-state index contributed by atoms with van der Waals surface area (Å²) >= 11 is 3.03. The molecule has 5 nitrogen and oxygen atoms in total. The molecule has 1 aromatic carbocycles. The highest BCUT2D eigenvalue weighted by molar-refractivity contribution is 8.00. The predicted molar refractivity (Wildman–Crippen MR) is 89.7 cm³/mol. The summed E-state index contributed by atoms with van der Waals surface area (Å²) in [5.41, 5.74) is 1.78. The minimum Gasteiger partial charge on any atom is -0.466 e. The molecule has 0 aliphatic rings. The van der Waals surface area contributed by atoms with E-state index in [0.29, 0.717) is 10.8 Å². The van der Waals surface area contributed by atoms with Gasteiger partial charge in [0.1, 0.15) is 0 Å². The van der Waals surface area contributed by atoms with Crippen LogP contribution in [0.4, 0.5) is 0 Å². The molecule has 0 saturated carbocycles. The summed E-state index contributed by atoms with van der Waals surface area (Å²) in [6.07, 6.45) is 0.0968. The van der Waals surface area contributed by atoms with Gasteiger partial charge in [0.05, 0.1) is 6.10 Å². The number of hydrogen-bond acceptors (Lipinski definition) is 6. The molecule has 1 heterocycles. The van der Waals surface area contributed by atoms with E-state index in [0.717, 1.165) is 15.7 Å². The first-order valence-electron chi connectivity index (χ1n) is 6.89. The quantitative estimate of drug-likeness (QED) is 0.757. The summed E-state index contributed by atoms with van der Waals surface area (Å²) in [7, 11) is 3.50. The molecule has 22 heavy (non-hydrogen) atoms. The Labute approximate surface area is 138 Å². The van der Waals surface area contributed by atoms with Gasteiger partial charge in [-0.2, -0.15) is 0 Å². The number of hydrogen-bond donors (Lipinski definition) is 0. The van der Waals surface area contributed by atoms with Crippen LogP contribution in [0.2, 0.25) is 0 Å². The van der Waals surface area contributed by atoms with Crippen molar-refractivity contribution in [3.63, 3.8) is 0 Å². The minimum absolute atomic E-state index is 0.00962. The topological polar surface area (TPSA) is 55.3 Å². The molecule has 0 atom stereocenters. The van der Waals surface area contributed by atoms with E-state index in [9.17, 15) is 4.79 Å². The average molecular weight is 337 g/mol. The zero-order valence-corrected chi connectivity index (χ0v) is 14.7. The van der Waals surface area contributed by atoms with Gasteiger partial charge >= 0.3 is 0 Å². The highest BCUT2D eigenvalue weighted by Crippen LogP contribution is 2.30. The van der Waals surface area contributed by atoms with Gasteiger partial charge in [-0.3, -0.25) is 4.79 Å². The Morgan fingerprint density at radius 1 is 1.36 bits per heavy atom. The second-order valence-corrected chi connectivity index (χ2v) is 7.35.